The van der Waals surface area contributed by atoms with Gasteiger partial charge in [0.1, 0.15) is 11.2 Å². The van der Waals surface area contributed by atoms with Crippen molar-refractivity contribution in [2.45, 2.75) is 0 Å². The number of benzene rings is 1. The minimum atomic E-state index is -0.610. The summed E-state index contributed by atoms with van der Waals surface area (Å²) in [7, 11) is 8.62. The van der Waals surface area contributed by atoms with Gasteiger partial charge < -0.3 is 29.6 Å². The molecule has 0 unspecified atom stereocenters. The Hall–Kier alpha value is -4.25. The number of nitrogens with zero attached hydrogens (tertiary/aromatic N) is 6. The molecule has 0 fully saturated rings. The third-order valence-corrected chi connectivity index (χ3v) is 5.61. The minimum Gasteiger partial charge on any atom is -0.464 e. The van der Waals surface area contributed by atoms with Gasteiger partial charge in [-0.1, -0.05) is 0 Å². The molecule has 0 amide bonds. The number of imidazole rings is 1. The summed E-state index contributed by atoms with van der Waals surface area (Å²) >= 11 is 0. The maximum absolute atomic E-state index is 12.7. The lowest BCUT2D eigenvalue weighted by molar-refractivity contribution is 0.0595. The van der Waals surface area contributed by atoms with E-state index in [9.17, 15) is 4.79 Å². The number of aromatic nitrogens is 5. The van der Waals surface area contributed by atoms with Crippen LogP contribution in [0.5, 0.6) is 0 Å². The lowest BCUT2D eigenvalue weighted by Crippen LogP contribution is -2.21. The lowest BCUT2D eigenvalue weighted by atomic mass is 10.1. The molecule has 3 aromatic heterocycles. The molecular formula is C24H28N8O3. The highest BCUT2D eigenvalue weighted by molar-refractivity contribution is 5.98. The van der Waals surface area contributed by atoms with Crippen LogP contribution in [0.3, 0.4) is 0 Å². The van der Waals surface area contributed by atoms with Crippen molar-refractivity contribution in [3.8, 4) is 11.3 Å². The van der Waals surface area contributed by atoms with Gasteiger partial charge in [-0.3, -0.25) is 4.98 Å². The molecular weight excluding hydrogens is 448 g/mol. The van der Waals surface area contributed by atoms with E-state index in [1.807, 2.05) is 42.9 Å². The molecule has 11 nitrogen and oxygen atoms in total. The van der Waals surface area contributed by atoms with Gasteiger partial charge in [0.15, 0.2) is 17.3 Å². The Bertz CT molecular complexity index is 1340. The molecule has 2 N–H and O–H groups in total. The molecule has 0 atom stereocenters. The van der Waals surface area contributed by atoms with Gasteiger partial charge in [-0.15, -0.1) is 0 Å². The number of aryl methyl sites for hydroxylation is 1. The summed E-state index contributed by atoms with van der Waals surface area (Å²) in [5, 5.41) is 6.27. The standard InChI is InChI=1S/C24H28N8O3/c1-25-22-20(17-12-26-13-18-19(17)27-14-32(18)3)29-21(24(33)35-5)23(30-22)28-15-6-8-16(9-7-15)31(2)10-11-34-4/h6-9,12-14H,10-11H2,1-5H3,(H2,25,28,30). The van der Waals surface area contributed by atoms with E-state index in [1.54, 1.807) is 32.9 Å². The fraction of sp³-hybridized carbons (Fsp3) is 0.292. The van der Waals surface area contributed by atoms with Crippen molar-refractivity contribution < 1.29 is 14.3 Å². The smallest absolute Gasteiger partial charge is 0.360 e. The van der Waals surface area contributed by atoms with Crippen molar-refractivity contribution in [1.82, 2.24) is 24.5 Å². The largest absolute Gasteiger partial charge is 0.464 e. The van der Waals surface area contributed by atoms with E-state index in [1.165, 1.54) is 7.11 Å². The molecule has 0 aliphatic rings. The van der Waals surface area contributed by atoms with Gasteiger partial charge in [0.05, 0.1) is 37.3 Å². The van der Waals surface area contributed by atoms with E-state index >= 15 is 0 Å². The van der Waals surface area contributed by atoms with Crippen LogP contribution in [0.25, 0.3) is 22.3 Å². The number of pyridine rings is 1. The Kier molecular flexibility index (Phi) is 7.06. The Morgan fingerprint density at radius 2 is 1.89 bits per heavy atom. The first-order valence-corrected chi connectivity index (χ1v) is 11.0. The molecule has 0 aliphatic carbocycles. The number of carbonyl (C=O) groups is 1. The number of carbonyl (C=O) groups excluding carboxylic acids is 1. The summed E-state index contributed by atoms with van der Waals surface area (Å²) in [5.74, 6) is 0.128. The highest BCUT2D eigenvalue weighted by Crippen LogP contribution is 2.32. The molecule has 4 aromatic rings. The van der Waals surface area contributed by atoms with Crippen molar-refractivity contribution in [2.75, 3.05) is 57.0 Å². The van der Waals surface area contributed by atoms with Crippen LogP contribution in [-0.2, 0) is 16.5 Å². The maximum Gasteiger partial charge on any atom is 0.360 e. The highest BCUT2D eigenvalue weighted by Gasteiger charge is 2.23. The van der Waals surface area contributed by atoms with E-state index in [4.69, 9.17) is 9.47 Å². The summed E-state index contributed by atoms with van der Waals surface area (Å²) in [6.45, 7) is 1.40. The number of fused-ring (bicyclic) bond motifs is 1. The molecule has 0 saturated carbocycles. The molecule has 0 saturated heterocycles. The van der Waals surface area contributed by atoms with Gasteiger partial charge in [0.2, 0.25) is 0 Å². The predicted octanol–water partition coefficient (Wildman–Crippen LogP) is 3.08. The van der Waals surface area contributed by atoms with Gasteiger partial charge in [-0.25, -0.2) is 19.7 Å². The average Bonchev–Trinajstić information content (AvgIpc) is 3.27. The molecule has 0 radical (unpaired) electrons. The number of hydrogen-bond donors (Lipinski definition) is 2. The number of methoxy groups -OCH3 is 2. The van der Waals surface area contributed by atoms with Crippen LogP contribution in [0.1, 0.15) is 10.5 Å². The number of ether oxygens (including phenoxy) is 2. The fourth-order valence-electron chi connectivity index (χ4n) is 3.63. The zero-order chi connectivity index (χ0) is 24.9. The van der Waals surface area contributed by atoms with E-state index < -0.39 is 5.97 Å². The first-order chi connectivity index (χ1) is 17.0. The molecule has 4 rings (SSSR count). The molecule has 11 heteroatoms. The monoisotopic (exact) mass is 476 g/mol. The third kappa shape index (κ3) is 4.85. The Morgan fingerprint density at radius 3 is 2.57 bits per heavy atom. The number of likely N-dealkylation sites (N-methyl/N-ethyl adjacent to an activating group) is 1. The second kappa shape index (κ2) is 10.3. The lowest BCUT2D eigenvalue weighted by Gasteiger charge is -2.19. The third-order valence-electron chi connectivity index (χ3n) is 5.61. The van der Waals surface area contributed by atoms with Gasteiger partial charge >= 0.3 is 5.97 Å². The molecule has 182 valence electrons. The van der Waals surface area contributed by atoms with E-state index in [0.717, 1.165) is 23.4 Å². The van der Waals surface area contributed by atoms with Crippen molar-refractivity contribution in [2.24, 2.45) is 7.05 Å². The van der Waals surface area contributed by atoms with Gasteiger partial charge in [-0.05, 0) is 24.3 Å². The van der Waals surface area contributed by atoms with Crippen LogP contribution in [0.15, 0.2) is 43.0 Å². The summed E-state index contributed by atoms with van der Waals surface area (Å²) in [5.41, 5.74) is 4.48. The summed E-state index contributed by atoms with van der Waals surface area (Å²) in [6.07, 6.45) is 5.09. The molecule has 1 aromatic carbocycles. The summed E-state index contributed by atoms with van der Waals surface area (Å²) < 4.78 is 12.0. The number of nitrogens with one attached hydrogen (secondary N) is 2. The number of esters is 1. The van der Waals surface area contributed by atoms with Gasteiger partial charge in [0.25, 0.3) is 0 Å². The Labute approximate surface area is 203 Å². The van der Waals surface area contributed by atoms with Crippen molar-refractivity contribution in [1.29, 1.82) is 0 Å². The van der Waals surface area contributed by atoms with E-state index in [-0.39, 0.29) is 11.5 Å². The zero-order valence-electron chi connectivity index (χ0n) is 20.4. The maximum atomic E-state index is 12.7. The quantitative estimate of drug-likeness (QED) is 0.349. The topological polar surface area (TPSA) is 119 Å². The van der Waals surface area contributed by atoms with Crippen molar-refractivity contribution in [3.05, 3.63) is 48.7 Å². The van der Waals surface area contributed by atoms with E-state index in [0.29, 0.717) is 29.2 Å². The second-order valence-electron chi connectivity index (χ2n) is 7.86. The molecule has 35 heavy (non-hydrogen) atoms. The number of hydrogen-bond acceptors (Lipinski definition) is 10. The van der Waals surface area contributed by atoms with Gasteiger partial charge in [-0.2, -0.15) is 0 Å². The SMILES string of the molecule is CNc1nc(Nc2ccc(N(C)CCOC)cc2)c(C(=O)OC)nc1-c1cncc2c1ncn2C. The first-order valence-electron chi connectivity index (χ1n) is 11.0. The van der Waals surface area contributed by atoms with Crippen molar-refractivity contribution >= 4 is 40.0 Å². The van der Waals surface area contributed by atoms with Gasteiger partial charge in [0, 0.05) is 52.4 Å². The van der Waals surface area contributed by atoms with Crippen LogP contribution in [-0.4, -0.2) is 71.9 Å². The summed E-state index contributed by atoms with van der Waals surface area (Å²) in [4.78, 5) is 32.9. The van der Waals surface area contributed by atoms with Crippen LogP contribution in [0.4, 0.5) is 23.0 Å². The Balaban J connectivity index is 1.73. The van der Waals surface area contributed by atoms with Crippen molar-refractivity contribution in [3.63, 3.8) is 0 Å². The fourth-order valence-corrected chi connectivity index (χ4v) is 3.63. The minimum absolute atomic E-state index is 0.0516. The second-order valence-corrected chi connectivity index (χ2v) is 7.86. The predicted molar refractivity (Wildman–Crippen MR) is 135 cm³/mol. The zero-order valence-corrected chi connectivity index (χ0v) is 20.4. The number of anilines is 4. The molecule has 3 heterocycles. The first kappa shape index (κ1) is 23.9. The summed E-state index contributed by atoms with van der Waals surface area (Å²) in [6, 6.07) is 7.77. The number of rotatable bonds is 9. The average molecular weight is 477 g/mol. The normalized spacial score (nSPS) is 10.9. The highest BCUT2D eigenvalue weighted by atomic mass is 16.5. The molecule has 0 spiro atoms. The molecule has 0 bridgehead atoms. The molecule has 0 aliphatic heterocycles. The van der Waals surface area contributed by atoms with Crippen LogP contribution in [0.2, 0.25) is 0 Å². The van der Waals surface area contributed by atoms with E-state index in [2.05, 4.69) is 35.5 Å². The van der Waals surface area contributed by atoms with Crippen LogP contribution >= 0.6 is 0 Å². The van der Waals surface area contributed by atoms with Crippen LogP contribution in [0, 0.1) is 0 Å². The van der Waals surface area contributed by atoms with Crippen LogP contribution < -0.4 is 15.5 Å². The Morgan fingerprint density at radius 1 is 1.11 bits per heavy atom.